The fraction of sp³-hybridized carbons (Fsp3) is 0.714. The first-order valence-electron chi connectivity index (χ1n) is 10.5. The SMILES string of the molecule is CCN(CC)C(C)(C)CN[C@H]1CS(=O)(=O)C[C@@H]1S(=O)(=O)c1ccc(OC(C)C)cc1. The van der Waals surface area contributed by atoms with Crippen molar-refractivity contribution in [2.24, 2.45) is 0 Å². The predicted octanol–water partition coefficient (Wildman–Crippen LogP) is 2.12. The molecule has 0 amide bonds. The molecule has 0 aromatic heterocycles. The molecule has 1 aliphatic rings. The van der Waals surface area contributed by atoms with Gasteiger partial charge in [-0.1, -0.05) is 13.8 Å². The van der Waals surface area contributed by atoms with Crippen LogP contribution in [0.2, 0.25) is 0 Å². The van der Waals surface area contributed by atoms with Crippen molar-refractivity contribution in [2.75, 3.05) is 31.1 Å². The van der Waals surface area contributed by atoms with Gasteiger partial charge in [0, 0.05) is 18.1 Å². The summed E-state index contributed by atoms with van der Waals surface area (Å²) in [6, 6.07) is 5.58. The van der Waals surface area contributed by atoms with Crippen molar-refractivity contribution in [3.05, 3.63) is 24.3 Å². The molecule has 0 aliphatic carbocycles. The Hall–Kier alpha value is -1.16. The summed E-state index contributed by atoms with van der Waals surface area (Å²) >= 11 is 0. The summed E-state index contributed by atoms with van der Waals surface area (Å²) in [6.45, 7) is 14.3. The molecule has 0 spiro atoms. The standard InChI is InChI=1S/C21H36N2O5S2/c1-7-23(8-2)21(5,6)15-22-19-13-29(24,25)14-20(19)30(26,27)18-11-9-17(10-12-18)28-16(3)4/h9-12,16,19-20,22H,7-8,13-15H2,1-6H3/t19-,20-/m0/s1. The molecule has 1 fully saturated rings. The number of sulfone groups is 2. The summed E-state index contributed by atoms with van der Waals surface area (Å²) in [6.07, 6.45) is -0.0184. The molecule has 0 unspecified atom stereocenters. The summed E-state index contributed by atoms with van der Waals surface area (Å²) in [7, 11) is -7.25. The third-order valence-electron chi connectivity index (χ3n) is 5.64. The number of hydrogen-bond donors (Lipinski definition) is 1. The first-order chi connectivity index (χ1) is 13.8. The topological polar surface area (TPSA) is 92.8 Å². The van der Waals surface area contributed by atoms with Gasteiger partial charge in [-0.05, 0) is 65.0 Å². The number of benzene rings is 1. The Morgan fingerprint density at radius 1 is 1.13 bits per heavy atom. The molecule has 1 N–H and O–H groups in total. The molecular weight excluding hydrogens is 424 g/mol. The van der Waals surface area contributed by atoms with Crippen molar-refractivity contribution in [3.8, 4) is 5.75 Å². The first kappa shape index (κ1) is 25.1. The lowest BCUT2D eigenvalue weighted by Gasteiger charge is -2.38. The van der Waals surface area contributed by atoms with Gasteiger partial charge < -0.3 is 10.1 Å². The molecular formula is C21H36N2O5S2. The van der Waals surface area contributed by atoms with Crippen LogP contribution in [0.1, 0.15) is 41.5 Å². The summed E-state index contributed by atoms with van der Waals surface area (Å²) in [5.74, 6) is 0.0570. The lowest BCUT2D eigenvalue weighted by Crippen LogP contribution is -2.54. The van der Waals surface area contributed by atoms with Gasteiger partial charge in [-0.2, -0.15) is 0 Å². The summed E-state index contributed by atoms with van der Waals surface area (Å²) in [5.41, 5.74) is -0.222. The molecule has 30 heavy (non-hydrogen) atoms. The van der Waals surface area contributed by atoms with Crippen molar-refractivity contribution in [2.45, 2.75) is 69.4 Å². The average Bonchev–Trinajstić information content (AvgIpc) is 2.96. The minimum Gasteiger partial charge on any atom is -0.491 e. The maximum Gasteiger partial charge on any atom is 0.183 e. The summed E-state index contributed by atoms with van der Waals surface area (Å²) in [4.78, 5) is 2.39. The molecule has 0 bridgehead atoms. The zero-order valence-electron chi connectivity index (χ0n) is 18.9. The van der Waals surface area contributed by atoms with Crippen LogP contribution in [0.5, 0.6) is 5.75 Å². The lowest BCUT2D eigenvalue weighted by atomic mass is 10.0. The van der Waals surface area contributed by atoms with Gasteiger partial charge in [0.2, 0.25) is 0 Å². The second-order valence-electron chi connectivity index (χ2n) is 8.77. The quantitative estimate of drug-likeness (QED) is 0.572. The van der Waals surface area contributed by atoms with E-state index in [0.717, 1.165) is 13.1 Å². The molecule has 1 aromatic carbocycles. The molecule has 7 nitrogen and oxygen atoms in total. The third kappa shape index (κ3) is 5.96. The van der Waals surface area contributed by atoms with Crippen molar-refractivity contribution in [1.29, 1.82) is 0 Å². The van der Waals surface area contributed by atoms with Crippen LogP contribution in [-0.4, -0.2) is 75.8 Å². The second-order valence-corrected chi connectivity index (χ2v) is 13.1. The van der Waals surface area contributed by atoms with Crippen LogP contribution in [0.15, 0.2) is 29.2 Å². The van der Waals surface area contributed by atoms with Gasteiger partial charge in [0.1, 0.15) is 5.75 Å². The van der Waals surface area contributed by atoms with E-state index < -0.39 is 31.0 Å². The summed E-state index contributed by atoms with van der Waals surface area (Å²) < 4.78 is 56.8. The fourth-order valence-electron chi connectivity index (χ4n) is 4.04. The summed E-state index contributed by atoms with van der Waals surface area (Å²) in [5, 5.41) is 2.26. The molecule has 2 atom stereocenters. The zero-order valence-corrected chi connectivity index (χ0v) is 20.5. The van der Waals surface area contributed by atoms with Crippen LogP contribution in [0.3, 0.4) is 0 Å². The van der Waals surface area contributed by atoms with E-state index in [1.165, 1.54) is 12.1 Å². The Morgan fingerprint density at radius 2 is 1.70 bits per heavy atom. The highest BCUT2D eigenvalue weighted by Crippen LogP contribution is 2.28. The zero-order chi connectivity index (χ0) is 22.7. The van der Waals surface area contributed by atoms with Gasteiger partial charge >= 0.3 is 0 Å². The molecule has 1 saturated heterocycles. The Balaban J connectivity index is 2.24. The molecule has 1 heterocycles. The van der Waals surface area contributed by atoms with Crippen LogP contribution >= 0.6 is 0 Å². The average molecular weight is 461 g/mol. The maximum atomic E-state index is 13.3. The monoisotopic (exact) mass is 460 g/mol. The van der Waals surface area contributed by atoms with Crippen LogP contribution < -0.4 is 10.1 Å². The van der Waals surface area contributed by atoms with Crippen molar-refractivity contribution < 1.29 is 21.6 Å². The van der Waals surface area contributed by atoms with E-state index in [1.807, 2.05) is 13.8 Å². The van der Waals surface area contributed by atoms with E-state index in [-0.39, 0.29) is 28.0 Å². The predicted molar refractivity (Wildman–Crippen MR) is 121 cm³/mol. The molecule has 2 rings (SSSR count). The van der Waals surface area contributed by atoms with Gasteiger partial charge in [-0.25, -0.2) is 16.8 Å². The first-order valence-corrected chi connectivity index (χ1v) is 13.9. The molecule has 0 saturated carbocycles. The van der Waals surface area contributed by atoms with E-state index in [2.05, 4.69) is 37.9 Å². The number of nitrogens with zero attached hydrogens (tertiary/aromatic N) is 1. The fourth-order valence-corrected chi connectivity index (χ4v) is 8.76. The van der Waals surface area contributed by atoms with E-state index in [4.69, 9.17) is 4.74 Å². The van der Waals surface area contributed by atoms with Gasteiger partial charge in [0.15, 0.2) is 19.7 Å². The molecule has 1 aromatic rings. The second kappa shape index (κ2) is 9.54. The van der Waals surface area contributed by atoms with Gasteiger partial charge in [0.05, 0.1) is 27.8 Å². The Labute approximate surface area is 182 Å². The number of likely N-dealkylation sites (N-methyl/N-ethyl adjacent to an activating group) is 1. The molecule has 9 heteroatoms. The Bertz CT molecular complexity index is 905. The Kier molecular flexibility index (Phi) is 7.99. The normalized spacial score (nSPS) is 22.0. The van der Waals surface area contributed by atoms with Gasteiger partial charge in [-0.15, -0.1) is 0 Å². The molecule has 1 aliphatic heterocycles. The number of nitrogens with one attached hydrogen (secondary N) is 1. The van der Waals surface area contributed by atoms with E-state index in [0.29, 0.717) is 12.3 Å². The lowest BCUT2D eigenvalue weighted by molar-refractivity contribution is 0.130. The van der Waals surface area contributed by atoms with E-state index in [1.54, 1.807) is 12.1 Å². The van der Waals surface area contributed by atoms with Gasteiger partial charge in [0.25, 0.3) is 0 Å². The van der Waals surface area contributed by atoms with Gasteiger partial charge in [-0.3, -0.25) is 4.90 Å². The number of hydrogen-bond acceptors (Lipinski definition) is 7. The van der Waals surface area contributed by atoms with Crippen LogP contribution in [-0.2, 0) is 19.7 Å². The molecule has 172 valence electrons. The van der Waals surface area contributed by atoms with Crippen molar-refractivity contribution >= 4 is 19.7 Å². The minimum atomic E-state index is -3.81. The highest BCUT2D eigenvalue weighted by Gasteiger charge is 2.46. The van der Waals surface area contributed by atoms with Crippen LogP contribution in [0, 0.1) is 0 Å². The maximum absolute atomic E-state index is 13.3. The third-order valence-corrected chi connectivity index (χ3v) is 9.81. The highest BCUT2D eigenvalue weighted by atomic mass is 32.2. The minimum absolute atomic E-state index is 0.0184. The van der Waals surface area contributed by atoms with Crippen LogP contribution in [0.4, 0.5) is 0 Å². The van der Waals surface area contributed by atoms with Crippen LogP contribution in [0.25, 0.3) is 0 Å². The van der Waals surface area contributed by atoms with E-state index >= 15 is 0 Å². The van der Waals surface area contributed by atoms with E-state index in [9.17, 15) is 16.8 Å². The largest absolute Gasteiger partial charge is 0.491 e. The highest BCUT2D eigenvalue weighted by molar-refractivity contribution is 7.96. The number of ether oxygens (including phenoxy) is 1. The van der Waals surface area contributed by atoms with Crippen molar-refractivity contribution in [3.63, 3.8) is 0 Å². The smallest absolute Gasteiger partial charge is 0.183 e. The Morgan fingerprint density at radius 3 is 2.20 bits per heavy atom. The van der Waals surface area contributed by atoms with Crippen molar-refractivity contribution in [1.82, 2.24) is 10.2 Å². The molecule has 0 radical (unpaired) electrons. The number of rotatable bonds is 10.